The molecule has 2 saturated heterocycles. The molecule has 4 atom stereocenters. The monoisotopic (exact) mass is 483 g/mol. The molecule has 0 saturated carbocycles. The first-order valence-corrected chi connectivity index (χ1v) is 10.6. The van der Waals surface area contributed by atoms with E-state index in [9.17, 15) is 9.90 Å². The molecule has 0 amide bonds. The van der Waals surface area contributed by atoms with Gasteiger partial charge in [0.25, 0.3) is 6.01 Å². The van der Waals surface area contributed by atoms with Gasteiger partial charge in [-0.15, -0.1) is 0 Å². The van der Waals surface area contributed by atoms with Gasteiger partial charge in [-0.25, -0.2) is 4.98 Å². The van der Waals surface area contributed by atoms with Crippen LogP contribution in [0.25, 0.3) is 11.2 Å². The van der Waals surface area contributed by atoms with Crippen molar-refractivity contribution in [2.45, 2.75) is 30.8 Å². The summed E-state index contributed by atoms with van der Waals surface area (Å²) in [5, 5.41) is 10.7. The number of aromatic amines is 1. The zero-order valence-corrected chi connectivity index (χ0v) is 18.1. The molecule has 4 heterocycles. The number of benzene rings is 1. The van der Waals surface area contributed by atoms with Gasteiger partial charge in [-0.2, -0.15) is 4.98 Å². The van der Waals surface area contributed by atoms with E-state index >= 15 is 0 Å². The van der Waals surface area contributed by atoms with Gasteiger partial charge in [0.05, 0.1) is 51.5 Å². The third-order valence-corrected chi connectivity index (χ3v) is 6.25. The van der Waals surface area contributed by atoms with Crippen LogP contribution in [-0.4, -0.2) is 63.5 Å². The number of pyridine rings is 1. The first-order valence-electron chi connectivity index (χ1n) is 9.51. The molecular weight excluding hydrogens is 469 g/mol. The molecule has 0 aliphatic carbocycles. The lowest BCUT2D eigenvalue weighted by atomic mass is 10.1. The van der Waals surface area contributed by atoms with E-state index in [0.717, 1.165) is 0 Å². The average Bonchev–Trinajstić information content (AvgIpc) is 3.39. The number of imidazole rings is 1. The lowest BCUT2D eigenvalue weighted by Crippen LogP contribution is -2.34. The maximum Gasteiger partial charge on any atom is 0.296 e. The zero-order chi connectivity index (χ0) is 21.7. The molecule has 5 rings (SSSR count). The van der Waals surface area contributed by atoms with Crippen LogP contribution in [0.2, 0.25) is 15.1 Å². The number of halogens is 3. The van der Waals surface area contributed by atoms with Crippen molar-refractivity contribution < 1.29 is 24.1 Å². The molecular formula is C20H16Cl3N3O5. The minimum atomic E-state index is -0.665. The Balaban J connectivity index is 1.37. The predicted octanol–water partition coefficient (Wildman–Crippen LogP) is 3.25. The second-order valence-corrected chi connectivity index (χ2v) is 8.57. The number of hydrogen-bond donors (Lipinski definition) is 2. The fraction of sp³-hybridized carbons (Fsp3) is 0.350. The van der Waals surface area contributed by atoms with Crippen LogP contribution in [-0.2, 0) is 15.9 Å². The Kier molecular flexibility index (Phi) is 5.54. The van der Waals surface area contributed by atoms with Gasteiger partial charge in [-0.3, -0.25) is 4.79 Å². The smallest absolute Gasteiger partial charge is 0.296 e. The van der Waals surface area contributed by atoms with E-state index in [-0.39, 0.29) is 53.1 Å². The number of fused-ring (bicyclic) bond motifs is 2. The summed E-state index contributed by atoms with van der Waals surface area (Å²) in [6.07, 6.45) is -1.94. The normalized spacial score (nSPS) is 25.2. The highest BCUT2D eigenvalue weighted by Gasteiger charge is 2.48. The van der Waals surface area contributed by atoms with E-state index in [2.05, 4.69) is 15.0 Å². The Bertz CT molecular complexity index is 1150. The van der Waals surface area contributed by atoms with Gasteiger partial charge >= 0.3 is 0 Å². The average molecular weight is 485 g/mol. The Hall–Kier alpha value is -1.94. The van der Waals surface area contributed by atoms with Gasteiger partial charge in [0.15, 0.2) is 17.5 Å². The number of aliphatic hydroxyl groups excluding tert-OH is 1. The topological polar surface area (TPSA) is 107 Å². The van der Waals surface area contributed by atoms with E-state index in [1.807, 2.05) is 0 Å². The van der Waals surface area contributed by atoms with Crippen LogP contribution in [0.15, 0.2) is 24.3 Å². The van der Waals surface area contributed by atoms with Crippen molar-refractivity contribution in [3.8, 4) is 6.01 Å². The van der Waals surface area contributed by atoms with Crippen molar-refractivity contribution in [2.24, 2.45) is 0 Å². The Morgan fingerprint density at radius 2 is 1.87 bits per heavy atom. The number of Topliss-reactive ketones (excluding diaryl/α,β-unsaturated/α-hetero) is 1. The lowest BCUT2D eigenvalue weighted by Gasteiger charge is -2.15. The van der Waals surface area contributed by atoms with Crippen molar-refractivity contribution in [1.29, 1.82) is 0 Å². The number of carbonyl (C=O) groups is 1. The summed E-state index contributed by atoms with van der Waals surface area (Å²) in [5.41, 5.74) is 1.47. The molecule has 2 aliphatic heterocycles. The molecule has 162 valence electrons. The minimum Gasteiger partial charge on any atom is -0.456 e. The van der Waals surface area contributed by atoms with Crippen molar-refractivity contribution in [2.75, 3.05) is 13.2 Å². The number of nitrogens with zero attached hydrogens (tertiary/aromatic N) is 2. The van der Waals surface area contributed by atoms with Crippen molar-refractivity contribution in [3.63, 3.8) is 0 Å². The van der Waals surface area contributed by atoms with Gasteiger partial charge < -0.3 is 24.3 Å². The van der Waals surface area contributed by atoms with E-state index < -0.39 is 18.3 Å². The number of ketones is 1. The number of H-pyrrole nitrogens is 1. The predicted molar refractivity (Wildman–Crippen MR) is 113 cm³/mol. The van der Waals surface area contributed by atoms with Crippen LogP contribution in [0.5, 0.6) is 6.01 Å². The summed E-state index contributed by atoms with van der Waals surface area (Å²) < 4.78 is 17.0. The molecule has 2 aliphatic rings. The first-order chi connectivity index (χ1) is 14.9. The van der Waals surface area contributed by atoms with Crippen LogP contribution in [0.4, 0.5) is 0 Å². The maximum absolute atomic E-state index is 12.7. The highest BCUT2D eigenvalue weighted by molar-refractivity contribution is 6.40. The summed E-state index contributed by atoms with van der Waals surface area (Å²) in [7, 11) is 0. The fourth-order valence-electron chi connectivity index (χ4n) is 3.81. The third-order valence-electron chi connectivity index (χ3n) is 5.29. The van der Waals surface area contributed by atoms with Gasteiger partial charge in [0, 0.05) is 0 Å². The number of aromatic nitrogens is 3. The van der Waals surface area contributed by atoms with Gasteiger partial charge in [0.2, 0.25) is 0 Å². The van der Waals surface area contributed by atoms with Crippen LogP contribution in [0, 0.1) is 0 Å². The minimum absolute atomic E-state index is 0.0901. The second kappa shape index (κ2) is 8.20. The Morgan fingerprint density at radius 1 is 1.13 bits per heavy atom. The van der Waals surface area contributed by atoms with Crippen LogP contribution < -0.4 is 4.74 Å². The number of aliphatic hydroxyl groups is 1. The van der Waals surface area contributed by atoms with Crippen molar-refractivity contribution >= 4 is 51.7 Å². The highest BCUT2D eigenvalue weighted by atomic mass is 35.5. The zero-order valence-electron chi connectivity index (χ0n) is 15.8. The molecule has 0 spiro atoms. The van der Waals surface area contributed by atoms with Crippen molar-refractivity contribution in [1.82, 2.24) is 15.0 Å². The van der Waals surface area contributed by atoms with E-state index in [0.29, 0.717) is 21.9 Å². The molecule has 0 radical (unpaired) electrons. The molecule has 2 aromatic heterocycles. The Morgan fingerprint density at radius 3 is 2.65 bits per heavy atom. The fourth-order valence-corrected chi connectivity index (χ4v) is 4.63. The third kappa shape index (κ3) is 3.88. The lowest BCUT2D eigenvalue weighted by molar-refractivity contribution is 0.00706. The van der Waals surface area contributed by atoms with Gasteiger partial charge in [-0.05, 0) is 18.2 Å². The molecule has 2 fully saturated rings. The quantitative estimate of drug-likeness (QED) is 0.535. The summed E-state index contributed by atoms with van der Waals surface area (Å²) in [4.78, 5) is 24.5. The number of nitrogens with one attached hydrogen (secondary N) is 1. The molecule has 11 heteroatoms. The largest absolute Gasteiger partial charge is 0.456 e. The summed E-state index contributed by atoms with van der Waals surface area (Å²) >= 11 is 18.6. The van der Waals surface area contributed by atoms with Crippen LogP contribution in [0.1, 0.15) is 16.1 Å². The number of hydrogen-bond acceptors (Lipinski definition) is 7. The Labute approximate surface area is 191 Å². The number of ether oxygens (including phenoxy) is 3. The molecule has 8 nitrogen and oxygen atoms in total. The molecule has 1 aromatic carbocycles. The summed E-state index contributed by atoms with van der Waals surface area (Å²) in [5.74, 6) is -0.303. The van der Waals surface area contributed by atoms with Crippen molar-refractivity contribution in [3.05, 3.63) is 50.6 Å². The summed E-state index contributed by atoms with van der Waals surface area (Å²) in [6.45, 7) is 0.481. The summed E-state index contributed by atoms with van der Waals surface area (Å²) in [6, 6.07) is 6.71. The van der Waals surface area contributed by atoms with Gasteiger partial charge in [-0.1, -0.05) is 40.9 Å². The highest BCUT2D eigenvalue weighted by Crippen LogP contribution is 2.31. The standard InChI is InChI=1S/C20H16Cl3N3O5/c21-8-2-1-3-9(22)16(8)13(27)5-11-10(23)4-12-19(24-11)26-20(25-12)31-15-7-30-17-14(28)6-29-18(15)17/h1-4,14-15,17-18,28H,5-7H2,(H,24,25,26)/t14-,15-,17-,18-/m1/s1. The first kappa shape index (κ1) is 20.9. The van der Waals surface area contributed by atoms with Crippen LogP contribution >= 0.6 is 34.8 Å². The van der Waals surface area contributed by atoms with Crippen LogP contribution in [0.3, 0.4) is 0 Å². The number of rotatable bonds is 5. The number of carbonyl (C=O) groups excluding carboxylic acids is 1. The van der Waals surface area contributed by atoms with E-state index in [1.54, 1.807) is 24.3 Å². The second-order valence-electron chi connectivity index (χ2n) is 7.35. The maximum atomic E-state index is 12.7. The van der Waals surface area contributed by atoms with E-state index in [1.165, 1.54) is 0 Å². The molecule has 0 unspecified atom stereocenters. The SMILES string of the molecule is O=C(Cc1nc2nc(O[C@@H]3CO[C@H]4[C@@H]3OC[C@H]4O)[nH]c2cc1Cl)c1c(Cl)cccc1Cl. The molecule has 3 aromatic rings. The molecule has 31 heavy (non-hydrogen) atoms. The molecule has 2 N–H and O–H groups in total. The van der Waals surface area contributed by atoms with E-state index in [4.69, 9.17) is 49.0 Å². The van der Waals surface area contributed by atoms with Gasteiger partial charge in [0.1, 0.15) is 18.3 Å². The molecule has 0 bridgehead atoms.